The fourth-order valence-electron chi connectivity index (χ4n) is 4.85. The van der Waals surface area contributed by atoms with Crippen LogP contribution in [-0.4, -0.2) is 86.7 Å². The molecule has 3 heterocycles. The minimum absolute atomic E-state index is 0.00277. The third-order valence-electron chi connectivity index (χ3n) is 7.12. The highest BCUT2D eigenvalue weighted by Gasteiger charge is 2.19. The van der Waals surface area contributed by atoms with Crippen molar-refractivity contribution in [1.82, 2.24) is 14.4 Å². The number of hydrogen-bond donors (Lipinski definition) is 1. The first-order valence-electron chi connectivity index (χ1n) is 11.9. The summed E-state index contributed by atoms with van der Waals surface area (Å²) in [4.78, 5) is 34.5. The highest BCUT2D eigenvalue weighted by atomic mass is 16.2. The van der Waals surface area contributed by atoms with Crippen LogP contribution in [0.4, 0.5) is 11.4 Å². The molecule has 0 unspecified atom stereocenters. The quantitative estimate of drug-likeness (QED) is 0.637. The number of carbonyl (C=O) groups is 1. The molecule has 0 spiro atoms. The molecule has 0 bridgehead atoms. The molecule has 2 fully saturated rings. The summed E-state index contributed by atoms with van der Waals surface area (Å²) in [5.41, 5.74) is 9.17. The van der Waals surface area contributed by atoms with E-state index < -0.39 is 5.91 Å². The van der Waals surface area contributed by atoms with Gasteiger partial charge >= 0.3 is 0 Å². The largest absolute Gasteiger partial charge is 0.369 e. The highest BCUT2D eigenvalue weighted by molar-refractivity contribution is 5.97. The lowest BCUT2D eigenvalue weighted by Gasteiger charge is -2.34. The number of amides is 1. The first-order chi connectivity index (χ1) is 16.4. The average molecular weight is 461 g/mol. The van der Waals surface area contributed by atoms with Gasteiger partial charge in [-0.2, -0.15) is 0 Å². The molecule has 0 aliphatic carbocycles. The Hall–Kier alpha value is -3.36. The number of benzene rings is 2. The number of pyridine rings is 1. The number of anilines is 2. The summed E-state index contributed by atoms with van der Waals surface area (Å²) in [6, 6.07) is 14.2. The second kappa shape index (κ2) is 9.12. The number of aromatic nitrogens is 1. The van der Waals surface area contributed by atoms with Gasteiger partial charge in [0, 0.05) is 81.0 Å². The maximum absolute atomic E-state index is 13.0. The summed E-state index contributed by atoms with van der Waals surface area (Å²) < 4.78 is 1.92. The van der Waals surface area contributed by atoms with Gasteiger partial charge in [0.25, 0.3) is 5.91 Å². The van der Waals surface area contributed by atoms with Crippen LogP contribution in [0, 0.1) is 0 Å². The molecule has 1 amide bonds. The van der Waals surface area contributed by atoms with Crippen molar-refractivity contribution in [3.63, 3.8) is 0 Å². The Morgan fingerprint density at radius 2 is 1.24 bits per heavy atom. The van der Waals surface area contributed by atoms with Gasteiger partial charge in [-0.05, 0) is 56.6 Å². The highest BCUT2D eigenvalue weighted by Crippen LogP contribution is 2.26. The lowest BCUT2D eigenvalue weighted by molar-refractivity contribution is 0.0999. The van der Waals surface area contributed by atoms with E-state index in [1.807, 2.05) is 28.8 Å². The number of likely N-dealkylation sites (N-methyl/N-ethyl adjacent to an activating group) is 2. The molecule has 5 rings (SSSR count). The predicted octanol–water partition coefficient (Wildman–Crippen LogP) is 1.59. The second-order valence-electron chi connectivity index (χ2n) is 9.40. The van der Waals surface area contributed by atoms with Gasteiger partial charge in [-0.15, -0.1) is 0 Å². The Kier molecular flexibility index (Phi) is 6.02. The monoisotopic (exact) mass is 460 g/mol. The zero-order valence-corrected chi connectivity index (χ0v) is 19.9. The topological polar surface area (TPSA) is 78.0 Å². The molecule has 2 aliphatic rings. The molecule has 2 saturated heterocycles. The van der Waals surface area contributed by atoms with Gasteiger partial charge in [0.2, 0.25) is 5.43 Å². The Bertz CT molecular complexity index is 1250. The zero-order chi connectivity index (χ0) is 23.8. The molecule has 2 aliphatic heterocycles. The molecular weight excluding hydrogens is 428 g/mol. The average Bonchev–Trinajstić information content (AvgIpc) is 2.85. The lowest BCUT2D eigenvalue weighted by atomic mass is 10.1. The summed E-state index contributed by atoms with van der Waals surface area (Å²) in [5, 5.41) is 0.498. The SMILES string of the molecule is CN1CCN(c2ccc(-n3cc(C(N)=O)c(=O)c4ccc(N5CCN(C)CC5)cc43)cc2)CC1. The first kappa shape index (κ1) is 22.4. The van der Waals surface area contributed by atoms with E-state index >= 15 is 0 Å². The van der Waals surface area contributed by atoms with Crippen LogP contribution in [0.3, 0.4) is 0 Å². The number of nitrogens with two attached hydrogens (primary N) is 1. The summed E-state index contributed by atoms with van der Waals surface area (Å²) in [6.45, 7) is 7.95. The van der Waals surface area contributed by atoms with E-state index in [1.54, 1.807) is 6.20 Å². The van der Waals surface area contributed by atoms with Crippen LogP contribution >= 0.6 is 0 Å². The van der Waals surface area contributed by atoms with E-state index in [0.717, 1.165) is 69.2 Å². The molecule has 178 valence electrons. The van der Waals surface area contributed by atoms with E-state index in [1.165, 1.54) is 5.69 Å². The Morgan fingerprint density at radius 1 is 0.735 bits per heavy atom. The standard InChI is InChI=1S/C26H32N6O2/c1-28-9-13-30(14-10-28)19-3-5-20(6-4-19)32-18-23(26(27)34)25(33)22-8-7-21(17-24(22)32)31-15-11-29(2)12-16-31/h3-8,17-18H,9-16H2,1-2H3,(H2,27,34). The number of carbonyl (C=O) groups excluding carboxylic acids is 1. The fourth-order valence-corrected chi connectivity index (χ4v) is 4.85. The van der Waals surface area contributed by atoms with Gasteiger partial charge in [-0.25, -0.2) is 0 Å². The molecule has 1 aromatic heterocycles. The van der Waals surface area contributed by atoms with E-state index in [-0.39, 0.29) is 11.0 Å². The van der Waals surface area contributed by atoms with Crippen molar-refractivity contribution in [2.75, 3.05) is 76.3 Å². The van der Waals surface area contributed by atoms with Crippen LogP contribution in [-0.2, 0) is 0 Å². The van der Waals surface area contributed by atoms with Crippen LogP contribution in [0.25, 0.3) is 16.6 Å². The van der Waals surface area contributed by atoms with E-state index in [0.29, 0.717) is 5.39 Å². The van der Waals surface area contributed by atoms with Crippen LogP contribution in [0.5, 0.6) is 0 Å². The molecule has 2 aromatic carbocycles. The Morgan fingerprint density at radius 3 is 1.79 bits per heavy atom. The molecule has 34 heavy (non-hydrogen) atoms. The summed E-state index contributed by atoms with van der Waals surface area (Å²) >= 11 is 0. The number of hydrogen-bond acceptors (Lipinski definition) is 6. The Balaban J connectivity index is 1.57. The predicted molar refractivity (Wildman–Crippen MR) is 137 cm³/mol. The summed E-state index contributed by atoms with van der Waals surface area (Å²) in [5.74, 6) is -0.710. The Labute approximate surface area is 199 Å². The fraction of sp³-hybridized carbons (Fsp3) is 0.385. The van der Waals surface area contributed by atoms with Gasteiger partial charge in [0.15, 0.2) is 0 Å². The van der Waals surface area contributed by atoms with Crippen molar-refractivity contribution in [3.05, 3.63) is 64.4 Å². The van der Waals surface area contributed by atoms with Crippen molar-refractivity contribution in [2.45, 2.75) is 0 Å². The maximum Gasteiger partial charge on any atom is 0.254 e. The van der Waals surface area contributed by atoms with E-state index in [2.05, 4.69) is 51.9 Å². The van der Waals surface area contributed by atoms with Crippen LogP contribution in [0.15, 0.2) is 53.5 Å². The van der Waals surface area contributed by atoms with Crippen molar-refractivity contribution >= 4 is 28.2 Å². The molecule has 8 heteroatoms. The smallest absolute Gasteiger partial charge is 0.254 e. The zero-order valence-electron chi connectivity index (χ0n) is 19.9. The van der Waals surface area contributed by atoms with Gasteiger partial charge in [-0.1, -0.05) is 0 Å². The third kappa shape index (κ3) is 4.26. The summed E-state index contributed by atoms with van der Waals surface area (Å²) in [7, 11) is 4.28. The molecule has 8 nitrogen and oxygen atoms in total. The van der Waals surface area contributed by atoms with Crippen LogP contribution < -0.4 is 21.0 Å². The molecule has 2 N–H and O–H groups in total. The minimum Gasteiger partial charge on any atom is -0.369 e. The molecule has 0 saturated carbocycles. The van der Waals surface area contributed by atoms with Gasteiger partial charge in [0.05, 0.1) is 5.52 Å². The van der Waals surface area contributed by atoms with Crippen LogP contribution in [0.2, 0.25) is 0 Å². The van der Waals surface area contributed by atoms with Crippen molar-refractivity contribution in [2.24, 2.45) is 5.73 Å². The molecule has 3 aromatic rings. The molecule has 0 radical (unpaired) electrons. The lowest BCUT2D eigenvalue weighted by Crippen LogP contribution is -2.44. The normalized spacial score (nSPS) is 17.9. The number of nitrogens with zero attached hydrogens (tertiary/aromatic N) is 5. The minimum atomic E-state index is -0.710. The number of primary amides is 1. The van der Waals surface area contributed by atoms with Crippen molar-refractivity contribution < 1.29 is 4.79 Å². The van der Waals surface area contributed by atoms with E-state index in [9.17, 15) is 9.59 Å². The molecule has 0 atom stereocenters. The van der Waals surface area contributed by atoms with E-state index in [4.69, 9.17) is 5.73 Å². The number of fused-ring (bicyclic) bond motifs is 1. The van der Waals surface area contributed by atoms with Gasteiger partial charge in [-0.3, -0.25) is 9.59 Å². The van der Waals surface area contributed by atoms with Gasteiger partial charge in [0.1, 0.15) is 5.56 Å². The molecular formula is C26H32N6O2. The maximum atomic E-state index is 13.0. The number of piperazine rings is 2. The third-order valence-corrected chi connectivity index (χ3v) is 7.12. The second-order valence-corrected chi connectivity index (χ2v) is 9.40. The number of rotatable bonds is 4. The van der Waals surface area contributed by atoms with Crippen LogP contribution in [0.1, 0.15) is 10.4 Å². The van der Waals surface area contributed by atoms with Gasteiger partial charge < -0.3 is 29.9 Å². The first-order valence-corrected chi connectivity index (χ1v) is 11.9. The van der Waals surface area contributed by atoms with Crippen molar-refractivity contribution in [1.29, 1.82) is 0 Å². The summed E-state index contributed by atoms with van der Waals surface area (Å²) in [6.07, 6.45) is 1.59. The van der Waals surface area contributed by atoms with Crippen molar-refractivity contribution in [3.8, 4) is 5.69 Å².